The molecule has 2 atom stereocenters. The van der Waals surface area contributed by atoms with Crippen LogP contribution in [0.1, 0.15) is 20.3 Å². The lowest BCUT2D eigenvalue weighted by Gasteiger charge is -2.45. The van der Waals surface area contributed by atoms with E-state index in [0.717, 1.165) is 6.42 Å². The Morgan fingerprint density at radius 2 is 1.95 bits per heavy atom. The van der Waals surface area contributed by atoms with Crippen LogP contribution in [-0.2, 0) is 9.59 Å². The van der Waals surface area contributed by atoms with Crippen LogP contribution in [0, 0.1) is 5.92 Å². The zero-order valence-electron chi connectivity index (χ0n) is 13.8. The maximum atomic E-state index is 12.5. The highest BCUT2D eigenvalue weighted by Crippen LogP contribution is 2.22. The number of likely N-dealkylation sites (tertiary alicyclic amines) is 1. The highest BCUT2D eigenvalue weighted by molar-refractivity contribution is 5.87. The first-order valence-electron chi connectivity index (χ1n) is 7.41. The molecule has 1 aliphatic heterocycles. The van der Waals surface area contributed by atoms with Crippen molar-refractivity contribution in [2.24, 2.45) is 11.7 Å². The highest BCUT2D eigenvalue weighted by atomic mass is 16.2. The van der Waals surface area contributed by atoms with Crippen LogP contribution < -0.4 is 5.73 Å². The average Bonchev–Trinajstić information content (AvgIpc) is 2.41. The van der Waals surface area contributed by atoms with E-state index in [9.17, 15) is 14.4 Å². The fraction of sp³-hybridized carbons (Fsp3) is 0.667. The lowest BCUT2D eigenvalue weighted by Crippen LogP contribution is -2.62. The van der Waals surface area contributed by atoms with Gasteiger partial charge in [-0.25, -0.2) is 4.79 Å². The Hall–Kier alpha value is -2.05. The zero-order chi connectivity index (χ0) is 17.0. The number of hydrogen-bond acceptors (Lipinski definition) is 3. The fourth-order valence-electron chi connectivity index (χ4n) is 2.73. The van der Waals surface area contributed by atoms with E-state index in [1.165, 1.54) is 15.9 Å². The molecule has 1 heterocycles. The summed E-state index contributed by atoms with van der Waals surface area (Å²) < 4.78 is 0. The first-order valence-corrected chi connectivity index (χ1v) is 7.41. The van der Waals surface area contributed by atoms with Gasteiger partial charge in [-0.15, -0.1) is 0 Å². The Balaban J connectivity index is 2.71. The van der Waals surface area contributed by atoms with Crippen molar-refractivity contribution in [1.82, 2.24) is 14.7 Å². The van der Waals surface area contributed by atoms with E-state index in [1.54, 1.807) is 19.0 Å². The number of amides is 4. The summed E-state index contributed by atoms with van der Waals surface area (Å²) >= 11 is 0. The van der Waals surface area contributed by atoms with Gasteiger partial charge in [-0.2, -0.15) is 0 Å². The maximum Gasteiger partial charge on any atom is 0.320 e. The van der Waals surface area contributed by atoms with Crippen molar-refractivity contribution < 1.29 is 14.4 Å². The SMILES string of the molecule is C=CC(=O)N(C)CC1CCN1C(=O)N(C)[C@H](C(N)=O)C(C)C. The van der Waals surface area contributed by atoms with E-state index in [4.69, 9.17) is 5.73 Å². The van der Waals surface area contributed by atoms with Crippen molar-refractivity contribution >= 4 is 17.8 Å². The van der Waals surface area contributed by atoms with Crippen molar-refractivity contribution in [3.05, 3.63) is 12.7 Å². The second kappa shape index (κ2) is 7.29. The Morgan fingerprint density at radius 3 is 2.32 bits per heavy atom. The molecule has 1 fully saturated rings. The monoisotopic (exact) mass is 310 g/mol. The van der Waals surface area contributed by atoms with Crippen molar-refractivity contribution in [2.75, 3.05) is 27.2 Å². The summed E-state index contributed by atoms with van der Waals surface area (Å²) in [6.07, 6.45) is 2.08. The Morgan fingerprint density at radius 1 is 1.36 bits per heavy atom. The minimum absolute atomic E-state index is 0.0375. The molecule has 0 radical (unpaired) electrons. The van der Waals surface area contributed by atoms with Gasteiger partial charge >= 0.3 is 6.03 Å². The quantitative estimate of drug-likeness (QED) is 0.714. The molecule has 0 bridgehead atoms. The zero-order valence-corrected chi connectivity index (χ0v) is 13.8. The van der Waals surface area contributed by atoms with Gasteiger partial charge in [-0.1, -0.05) is 20.4 Å². The molecule has 2 N–H and O–H groups in total. The summed E-state index contributed by atoms with van der Waals surface area (Å²) in [6.45, 7) is 8.22. The molecule has 7 heteroatoms. The molecule has 22 heavy (non-hydrogen) atoms. The second-order valence-corrected chi connectivity index (χ2v) is 6.04. The van der Waals surface area contributed by atoms with Crippen molar-refractivity contribution in [3.8, 4) is 0 Å². The average molecular weight is 310 g/mol. The fourth-order valence-corrected chi connectivity index (χ4v) is 2.73. The van der Waals surface area contributed by atoms with Gasteiger partial charge in [0.25, 0.3) is 0 Å². The molecule has 0 aromatic carbocycles. The lowest BCUT2D eigenvalue weighted by molar-refractivity contribution is -0.126. The number of nitrogens with zero attached hydrogens (tertiary/aromatic N) is 3. The van der Waals surface area contributed by atoms with Crippen molar-refractivity contribution in [1.29, 1.82) is 0 Å². The van der Waals surface area contributed by atoms with Crippen LogP contribution in [0.2, 0.25) is 0 Å². The molecule has 0 aliphatic carbocycles. The third-order valence-electron chi connectivity index (χ3n) is 4.07. The summed E-state index contributed by atoms with van der Waals surface area (Å²) in [7, 11) is 3.26. The number of nitrogens with two attached hydrogens (primary N) is 1. The van der Waals surface area contributed by atoms with Gasteiger partial charge in [-0.3, -0.25) is 9.59 Å². The van der Waals surface area contributed by atoms with E-state index >= 15 is 0 Å². The normalized spacial score (nSPS) is 18.4. The van der Waals surface area contributed by atoms with Gasteiger partial charge in [0.15, 0.2) is 0 Å². The highest BCUT2D eigenvalue weighted by Gasteiger charge is 2.38. The minimum atomic E-state index is -0.638. The van der Waals surface area contributed by atoms with E-state index < -0.39 is 11.9 Å². The molecule has 1 aliphatic rings. The first kappa shape index (κ1) is 18.0. The number of carbonyl (C=O) groups is 3. The van der Waals surface area contributed by atoms with Crippen LogP contribution in [0.25, 0.3) is 0 Å². The minimum Gasteiger partial charge on any atom is -0.368 e. The Bertz CT molecular complexity index is 464. The lowest BCUT2D eigenvalue weighted by atomic mass is 10.0. The van der Waals surface area contributed by atoms with E-state index in [1.807, 2.05) is 13.8 Å². The topological polar surface area (TPSA) is 87.0 Å². The second-order valence-electron chi connectivity index (χ2n) is 6.04. The molecule has 124 valence electrons. The number of rotatable bonds is 6. The molecule has 0 saturated carbocycles. The first-order chi connectivity index (χ1) is 10.2. The number of primary amides is 1. The van der Waals surface area contributed by atoms with Gasteiger partial charge in [0.05, 0.1) is 6.04 Å². The molecule has 0 aromatic heterocycles. The third-order valence-corrected chi connectivity index (χ3v) is 4.07. The van der Waals surface area contributed by atoms with Crippen LogP contribution >= 0.6 is 0 Å². The van der Waals surface area contributed by atoms with Crippen molar-refractivity contribution in [2.45, 2.75) is 32.4 Å². The molecule has 7 nitrogen and oxygen atoms in total. The summed E-state index contributed by atoms with van der Waals surface area (Å²) in [5.74, 6) is -0.747. The third kappa shape index (κ3) is 3.78. The standard InChI is InChI=1S/C15H26N4O3/c1-6-12(20)17(4)9-11-7-8-19(11)15(22)18(5)13(10(2)3)14(16)21/h6,10-11,13H,1,7-9H2,2-5H3,(H2,16,21)/t11?,13-/m0/s1. The molecule has 0 spiro atoms. The van der Waals surface area contributed by atoms with Crippen LogP contribution in [0.4, 0.5) is 4.79 Å². The smallest absolute Gasteiger partial charge is 0.320 e. The Kier molecular flexibility index (Phi) is 5.96. The number of carbonyl (C=O) groups excluding carboxylic acids is 3. The van der Waals surface area contributed by atoms with Crippen LogP contribution in [0.15, 0.2) is 12.7 Å². The number of urea groups is 1. The van der Waals surface area contributed by atoms with Gasteiger partial charge in [-0.05, 0) is 18.4 Å². The Labute approximate surface area is 131 Å². The predicted molar refractivity (Wildman–Crippen MR) is 83.9 cm³/mol. The predicted octanol–water partition coefficient (Wildman–Crippen LogP) is 0.267. The molecular formula is C15H26N4O3. The summed E-state index contributed by atoms with van der Waals surface area (Å²) in [4.78, 5) is 40.2. The van der Waals surface area contributed by atoms with Crippen LogP contribution in [0.5, 0.6) is 0 Å². The molecule has 4 amide bonds. The van der Waals surface area contributed by atoms with Crippen LogP contribution in [0.3, 0.4) is 0 Å². The van der Waals surface area contributed by atoms with Crippen LogP contribution in [-0.4, -0.2) is 71.8 Å². The molecule has 1 rings (SSSR count). The molecule has 1 unspecified atom stereocenters. The van der Waals surface area contributed by atoms with Gasteiger partial charge in [0, 0.05) is 27.2 Å². The maximum absolute atomic E-state index is 12.5. The van der Waals surface area contributed by atoms with E-state index in [0.29, 0.717) is 13.1 Å². The van der Waals surface area contributed by atoms with Gasteiger partial charge in [0.2, 0.25) is 11.8 Å². The summed E-state index contributed by atoms with van der Waals surface area (Å²) in [5, 5.41) is 0. The number of likely N-dealkylation sites (N-methyl/N-ethyl adjacent to an activating group) is 2. The van der Waals surface area contributed by atoms with Crippen molar-refractivity contribution in [3.63, 3.8) is 0 Å². The molecule has 1 saturated heterocycles. The van der Waals surface area contributed by atoms with Gasteiger partial charge < -0.3 is 20.4 Å². The largest absolute Gasteiger partial charge is 0.368 e. The summed E-state index contributed by atoms with van der Waals surface area (Å²) in [5.41, 5.74) is 5.39. The summed E-state index contributed by atoms with van der Waals surface area (Å²) in [6, 6.07) is -0.904. The molecule has 0 aromatic rings. The van der Waals surface area contributed by atoms with E-state index in [2.05, 4.69) is 6.58 Å². The number of hydrogen-bond donors (Lipinski definition) is 1. The molecular weight excluding hydrogens is 284 g/mol. The van der Waals surface area contributed by atoms with E-state index in [-0.39, 0.29) is 23.9 Å². The van der Waals surface area contributed by atoms with Gasteiger partial charge in [0.1, 0.15) is 6.04 Å².